The minimum Gasteiger partial charge on any atom is -0.492 e. The van der Waals surface area contributed by atoms with E-state index in [1.807, 2.05) is 44.6 Å². The van der Waals surface area contributed by atoms with Crippen LogP contribution in [0.5, 0.6) is 5.75 Å². The minimum atomic E-state index is -0.476. The van der Waals surface area contributed by atoms with Crippen molar-refractivity contribution in [2.45, 2.75) is 12.5 Å². The topological polar surface area (TPSA) is 67.6 Å². The molecule has 5 nitrogen and oxygen atoms in total. The molecule has 0 spiro atoms. The summed E-state index contributed by atoms with van der Waals surface area (Å²) < 4.78 is 5.64. The van der Waals surface area contributed by atoms with Crippen LogP contribution in [0.25, 0.3) is 0 Å². The zero-order valence-electron chi connectivity index (χ0n) is 13.0. The van der Waals surface area contributed by atoms with Gasteiger partial charge >= 0.3 is 0 Å². The van der Waals surface area contributed by atoms with Gasteiger partial charge in [0.15, 0.2) is 0 Å². The number of likely N-dealkylation sites (N-methyl/N-ethyl adjacent to an activating group) is 1. The van der Waals surface area contributed by atoms with E-state index in [4.69, 9.17) is 10.5 Å². The van der Waals surface area contributed by atoms with E-state index < -0.39 is 6.04 Å². The van der Waals surface area contributed by atoms with Gasteiger partial charge in [0.05, 0.1) is 6.04 Å². The van der Waals surface area contributed by atoms with Gasteiger partial charge in [-0.25, -0.2) is 0 Å². The molecule has 0 aliphatic heterocycles. The van der Waals surface area contributed by atoms with Crippen molar-refractivity contribution in [2.75, 3.05) is 44.6 Å². The monoisotopic (exact) mass is 311 g/mol. The third kappa shape index (κ3) is 7.36. The first kappa shape index (κ1) is 17.8. The second kappa shape index (κ2) is 9.65. The largest absolute Gasteiger partial charge is 0.492 e. The number of hydrogen-bond acceptors (Lipinski definition) is 5. The summed E-state index contributed by atoms with van der Waals surface area (Å²) in [6.45, 7) is 1.45. The van der Waals surface area contributed by atoms with Crippen LogP contribution in [-0.2, 0) is 4.79 Å². The van der Waals surface area contributed by atoms with E-state index in [9.17, 15) is 4.79 Å². The summed E-state index contributed by atoms with van der Waals surface area (Å²) >= 11 is 1.68. The van der Waals surface area contributed by atoms with Crippen LogP contribution in [0.1, 0.15) is 6.42 Å². The molecule has 0 aliphatic rings. The van der Waals surface area contributed by atoms with Gasteiger partial charge in [-0.2, -0.15) is 11.8 Å². The van der Waals surface area contributed by atoms with Crippen molar-refractivity contribution in [1.29, 1.82) is 0 Å². The van der Waals surface area contributed by atoms with E-state index in [2.05, 4.69) is 10.2 Å². The van der Waals surface area contributed by atoms with Crippen molar-refractivity contribution < 1.29 is 9.53 Å². The maximum atomic E-state index is 11.9. The van der Waals surface area contributed by atoms with Crippen LogP contribution in [0.4, 0.5) is 5.69 Å². The third-order valence-corrected chi connectivity index (χ3v) is 3.52. The molecule has 3 N–H and O–H groups in total. The zero-order chi connectivity index (χ0) is 15.7. The maximum absolute atomic E-state index is 11.9. The quantitative estimate of drug-likeness (QED) is 0.726. The molecule has 1 aromatic rings. The zero-order valence-corrected chi connectivity index (χ0v) is 13.8. The Labute approximate surface area is 131 Å². The average molecular weight is 311 g/mol. The van der Waals surface area contributed by atoms with Crippen LogP contribution in [0.3, 0.4) is 0 Å². The molecule has 0 aromatic heterocycles. The summed E-state index contributed by atoms with van der Waals surface area (Å²) in [4.78, 5) is 14.0. The standard InChI is InChI=1S/C15H25N3O2S/c1-18(2)8-9-20-13-6-4-5-12(11-13)17-15(19)14(16)7-10-21-3/h4-6,11,14H,7-10,16H2,1-3H3,(H,17,19)/t14-/m1/s1. The molecule has 0 unspecified atom stereocenters. The van der Waals surface area contributed by atoms with Crippen molar-refractivity contribution >= 4 is 23.4 Å². The molecule has 21 heavy (non-hydrogen) atoms. The lowest BCUT2D eigenvalue weighted by Crippen LogP contribution is -2.36. The maximum Gasteiger partial charge on any atom is 0.241 e. The average Bonchev–Trinajstić information content (AvgIpc) is 2.44. The van der Waals surface area contributed by atoms with Crippen molar-refractivity contribution in [3.63, 3.8) is 0 Å². The smallest absolute Gasteiger partial charge is 0.241 e. The SMILES string of the molecule is CSCC[C@@H](N)C(=O)Nc1cccc(OCCN(C)C)c1. The Hall–Kier alpha value is -1.24. The van der Waals surface area contributed by atoms with Gasteiger partial charge in [-0.1, -0.05) is 6.07 Å². The number of nitrogens with zero attached hydrogens (tertiary/aromatic N) is 1. The molecule has 0 saturated heterocycles. The van der Waals surface area contributed by atoms with Gasteiger partial charge in [-0.3, -0.25) is 4.79 Å². The number of nitrogens with one attached hydrogen (secondary N) is 1. The van der Waals surface area contributed by atoms with Crippen LogP contribution < -0.4 is 15.8 Å². The van der Waals surface area contributed by atoms with Crippen molar-refractivity contribution in [2.24, 2.45) is 5.73 Å². The van der Waals surface area contributed by atoms with Crippen LogP contribution in [0, 0.1) is 0 Å². The number of amides is 1. The number of ether oxygens (including phenoxy) is 1. The summed E-state index contributed by atoms with van der Waals surface area (Å²) in [6.07, 6.45) is 2.67. The van der Waals surface area contributed by atoms with Crippen molar-refractivity contribution in [3.8, 4) is 5.75 Å². The first-order valence-corrected chi connectivity index (χ1v) is 8.35. The molecule has 0 fully saturated rings. The number of rotatable bonds is 9. The highest BCUT2D eigenvalue weighted by Crippen LogP contribution is 2.17. The van der Waals surface area contributed by atoms with E-state index >= 15 is 0 Å². The Morgan fingerprint density at radius 3 is 2.90 bits per heavy atom. The molecule has 1 rings (SSSR count). The third-order valence-electron chi connectivity index (χ3n) is 2.88. The number of carbonyl (C=O) groups is 1. The summed E-state index contributed by atoms with van der Waals surface area (Å²) in [7, 11) is 3.99. The number of nitrogens with two attached hydrogens (primary N) is 1. The molecule has 0 aliphatic carbocycles. The second-order valence-corrected chi connectivity index (χ2v) is 6.04. The van der Waals surface area contributed by atoms with E-state index in [-0.39, 0.29) is 5.91 Å². The van der Waals surface area contributed by atoms with E-state index in [1.165, 1.54) is 0 Å². The summed E-state index contributed by atoms with van der Waals surface area (Å²) in [5, 5.41) is 2.83. The van der Waals surface area contributed by atoms with E-state index in [1.54, 1.807) is 11.8 Å². The molecule has 1 atom stereocenters. The van der Waals surface area contributed by atoms with Crippen LogP contribution in [0.2, 0.25) is 0 Å². The first-order chi connectivity index (χ1) is 10.0. The summed E-state index contributed by atoms with van der Waals surface area (Å²) in [5.74, 6) is 1.46. The predicted octanol–water partition coefficient (Wildman–Crippen LogP) is 1.65. The Kier molecular flexibility index (Phi) is 8.19. The van der Waals surface area contributed by atoms with Crippen molar-refractivity contribution in [3.05, 3.63) is 24.3 Å². The van der Waals surface area contributed by atoms with Crippen LogP contribution in [0.15, 0.2) is 24.3 Å². The molecule has 0 saturated carbocycles. The molecule has 0 bridgehead atoms. The Morgan fingerprint density at radius 2 is 2.24 bits per heavy atom. The van der Waals surface area contributed by atoms with E-state index in [0.717, 1.165) is 18.0 Å². The highest BCUT2D eigenvalue weighted by atomic mass is 32.2. The number of hydrogen-bond donors (Lipinski definition) is 2. The summed E-state index contributed by atoms with van der Waals surface area (Å²) in [6, 6.07) is 6.90. The predicted molar refractivity (Wildman–Crippen MR) is 90.1 cm³/mol. The van der Waals surface area contributed by atoms with Crippen molar-refractivity contribution in [1.82, 2.24) is 4.90 Å². The lowest BCUT2D eigenvalue weighted by molar-refractivity contribution is -0.117. The first-order valence-electron chi connectivity index (χ1n) is 6.96. The lowest BCUT2D eigenvalue weighted by atomic mass is 10.2. The number of thioether (sulfide) groups is 1. The van der Waals surface area contributed by atoms with Gasteiger partial charge < -0.3 is 20.7 Å². The molecule has 1 aromatic carbocycles. The second-order valence-electron chi connectivity index (χ2n) is 5.06. The Balaban J connectivity index is 2.49. The molecular formula is C15H25N3O2S. The fraction of sp³-hybridized carbons (Fsp3) is 0.533. The van der Waals surface area contributed by atoms with Gasteiger partial charge in [0.25, 0.3) is 0 Å². The molecule has 0 radical (unpaired) electrons. The molecule has 6 heteroatoms. The van der Waals surface area contributed by atoms with E-state index in [0.29, 0.717) is 18.7 Å². The number of anilines is 1. The van der Waals surface area contributed by atoms with Gasteiger partial charge in [0.2, 0.25) is 5.91 Å². The fourth-order valence-corrected chi connectivity index (χ4v) is 2.11. The van der Waals surface area contributed by atoms with Crippen LogP contribution in [-0.4, -0.2) is 56.1 Å². The molecule has 0 heterocycles. The Bertz CT molecular complexity index is 441. The number of carbonyl (C=O) groups excluding carboxylic acids is 1. The molecular weight excluding hydrogens is 286 g/mol. The lowest BCUT2D eigenvalue weighted by Gasteiger charge is -2.14. The molecule has 118 valence electrons. The highest BCUT2D eigenvalue weighted by molar-refractivity contribution is 7.98. The number of benzene rings is 1. The summed E-state index contributed by atoms with van der Waals surface area (Å²) in [5.41, 5.74) is 6.55. The van der Waals surface area contributed by atoms with Crippen LogP contribution >= 0.6 is 11.8 Å². The highest BCUT2D eigenvalue weighted by Gasteiger charge is 2.13. The normalized spacial score (nSPS) is 12.2. The van der Waals surface area contributed by atoms with Gasteiger partial charge in [-0.05, 0) is 44.7 Å². The Morgan fingerprint density at radius 1 is 1.48 bits per heavy atom. The van der Waals surface area contributed by atoms with Gasteiger partial charge in [0.1, 0.15) is 12.4 Å². The van der Waals surface area contributed by atoms with Gasteiger partial charge in [-0.15, -0.1) is 0 Å². The van der Waals surface area contributed by atoms with Gasteiger partial charge in [0, 0.05) is 18.3 Å². The molecule has 1 amide bonds. The fourth-order valence-electron chi connectivity index (χ4n) is 1.62. The minimum absolute atomic E-state index is 0.158.